The highest BCUT2D eigenvalue weighted by atomic mass is 16.7. The summed E-state index contributed by atoms with van der Waals surface area (Å²) in [6, 6.07) is 0. The molecule has 3 aliphatic rings. The molecule has 0 unspecified atom stereocenters. The summed E-state index contributed by atoms with van der Waals surface area (Å²) >= 11 is 0. The van der Waals surface area contributed by atoms with Crippen molar-refractivity contribution >= 4 is 0 Å². The summed E-state index contributed by atoms with van der Waals surface area (Å²) in [4.78, 5) is 0. The summed E-state index contributed by atoms with van der Waals surface area (Å²) in [7, 11) is 0. The van der Waals surface area contributed by atoms with E-state index in [9.17, 15) is 51.1 Å². The van der Waals surface area contributed by atoms with E-state index in [-0.39, 0.29) is 6.42 Å². The lowest BCUT2D eigenvalue weighted by Crippen LogP contribution is -2.61. The maximum Gasteiger partial charge on any atom is 0.186 e. The average Bonchev–Trinajstić information content (AvgIpc) is 2.79. The van der Waals surface area contributed by atoms with Crippen LogP contribution >= 0.6 is 0 Å². The smallest absolute Gasteiger partial charge is 0.186 e. The second-order valence-electron chi connectivity index (χ2n) is 8.31. The summed E-state index contributed by atoms with van der Waals surface area (Å²) in [6.07, 6.45) is -20.9. The van der Waals surface area contributed by atoms with Crippen molar-refractivity contribution in [3.8, 4) is 0 Å². The Morgan fingerprint density at radius 3 is 1.67 bits per heavy atom. The van der Waals surface area contributed by atoms with E-state index < -0.39 is 106 Å². The number of aliphatic hydroxyl groups excluding tert-OH is 10. The molecule has 0 bridgehead atoms. The summed E-state index contributed by atoms with van der Waals surface area (Å²) in [6.45, 7) is -1.51. The van der Waals surface area contributed by atoms with Gasteiger partial charge in [-0.15, -0.1) is 0 Å². The van der Waals surface area contributed by atoms with Crippen LogP contribution in [-0.4, -0.2) is 157 Å². The van der Waals surface area contributed by atoms with Crippen molar-refractivity contribution in [3.63, 3.8) is 0 Å². The fraction of sp³-hybridized carbons (Fsp3) is 1.00. The summed E-state index contributed by atoms with van der Waals surface area (Å²) < 4.78 is 26.3. The second kappa shape index (κ2) is 11.4. The highest BCUT2D eigenvalue weighted by molar-refractivity contribution is 4.91. The first kappa shape index (κ1) is 27.0. The monoisotopic (exact) mass is 488 g/mol. The van der Waals surface area contributed by atoms with Crippen molar-refractivity contribution in [1.82, 2.24) is 0 Å². The highest BCUT2D eigenvalue weighted by Gasteiger charge is 2.47. The van der Waals surface area contributed by atoms with Crippen molar-refractivity contribution in [3.05, 3.63) is 0 Å². The maximum absolute atomic E-state index is 10.2. The van der Waals surface area contributed by atoms with Crippen molar-refractivity contribution < 1.29 is 74.7 Å². The average molecular weight is 488 g/mol. The largest absolute Gasteiger partial charge is 0.394 e. The standard InChI is InChI=1S/C18H32O15/c19-2-7-5(20)1-6(21)17(32-7)29-4-9-11(23)13(25)15(27)18(33-9)30-3-8-10(22)12(24)14(26)16(28)31-8/h5-28H,1-4H2/t5-,6-,7-,8-,9-,10+,11+,12+,13+,14-,15-,16-,17-,18-/m1/s1. The van der Waals surface area contributed by atoms with E-state index in [1.807, 2.05) is 0 Å². The van der Waals surface area contributed by atoms with Crippen molar-refractivity contribution in [1.29, 1.82) is 0 Å². The first-order valence-electron chi connectivity index (χ1n) is 10.5. The first-order valence-corrected chi connectivity index (χ1v) is 10.5. The zero-order valence-electron chi connectivity index (χ0n) is 17.4. The number of hydrogen-bond donors (Lipinski definition) is 10. The maximum atomic E-state index is 10.2. The lowest BCUT2D eigenvalue weighted by molar-refractivity contribution is -0.335. The molecule has 14 atom stereocenters. The van der Waals surface area contributed by atoms with E-state index in [4.69, 9.17) is 23.7 Å². The third-order valence-corrected chi connectivity index (χ3v) is 5.92. The van der Waals surface area contributed by atoms with Crippen molar-refractivity contribution in [2.75, 3.05) is 19.8 Å². The van der Waals surface area contributed by atoms with E-state index in [1.54, 1.807) is 0 Å². The molecule has 0 amide bonds. The van der Waals surface area contributed by atoms with Crippen LogP contribution in [0.4, 0.5) is 0 Å². The molecule has 33 heavy (non-hydrogen) atoms. The van der Waals surface area contributed by atoms with Gasteiger partial charge in [0.2, 0.25) is 0 Å². The first-order chi connectivity index (χ1) is 15.5. The number of aliphatic hydroxyl groups is 10. The van der Waals surface area contributed by atoms with Crippen molar-refractivity contribution in [2.24, 2.45) is 0 Å². The summed E-state index contributed by atoms with van der Waals surface area (Å²) in [5.74, 6) is 0. The molecule has 0 aromatic rings. The van der Waals surface area contributed by atoms with Crippen LogP contribution in [0.5, 0.6) is 0 Å². The molecule has 15 heteroatoms. The van der Waals surface area contributed by atoms with Gasteiger partial charge in [0.15, 0.2) is 18.9 Å². The molecule has 0 aliphatic carbocycles. The Labute approximate surface area is 187 Å². The third kappa shape index (κ3) is 5.97. The minimum atomic E-state index is -1.80. The normalized spacial score (nSPS) is 51.5. The van der Waals surface area contributed by atoms with Gasteiger partial charge in [-0.1, -0.05) is 0 Å². The van der Waals surface area contributed by atoms with Gasteiger partial charge in [-0.25, -0.2) is 0 Å². The molecule has 3 saturated heterocycles. The molecule has 194 valence electrons. The number of ether oxygens (including phenoxy) is 5. The lowest BCUT2D eigenvalue weighted by atomic mass is 9.98. The predicted molar refractivity (Wildman–Crippen MR) is 99.9 cm³/mol. The van der Waals surface area contributed by atoms with Gasteiger partial charge < -0.3 is 74.7 Å². The fourth-order valence-electron chi connectivity index (χ4n) is 3.82. The zero-order chi connectivity index (χ0) is 24.4. The molecule has 0 saturated carbocycles. The van der Waals surface area contributed by atoms with Crippen LogP contribution in [0.3, 0.4) is 0 Å². The van der Waals surface area contributed by atoms with E-state index in [1.165, 1.54) is 0 Å². The molecule has 0 aromatic carbocycles. The van der Waals surface area contributed by atoms with E-state index >= 15 is 0 Å². The molecule has 3 rings (SSSR count). The van der Waals surface area contributed by atoms with Crippen LogP contribution in [0, 0.1) is 0 Å². The molecular weight excluding hydrogens is 456 g/mol. The van der Waals surface area contributed by atoms with Gasteiger partial charge in [-0.2, -0.15) is 0 Å². The topological polar surface area (TPSA) is 248 Å². The molecule has 10 N–H and O–H groups in total. The lowest BCUT2D eigenvalue weighted by Gasteiger charge is -2.43. The number of hydrogen-bond acceptors (Lipinski definition) is 15. The van der Waals surface area contributed by atoms with Crippen LogP contribution in [0.15, 0.2) is 0 Å². The van der Waals surface area contributed by atoms with Crippen LogP contribution in [-0.2, 0) is 23.7 Å². The molecule has 0 spiro atoms. The van der Waals surface area contributed by atoms with Crippen LogP contribution in [0.2, 0.25) is 0 Å². The molecule has 0 radical (unpaired) electrons. The molecule has 15 nitrogen and oxygen atoms in total. The van der Waals surface area contributed by atoms with Gasteiger partial charge in [0.05, 0.1) is 25.9 Å². The molecule has 0 aromatic heterocycles. The van der Waals surface area contributed by atoms with Gasteiger partial charge >= 0.3 is 0 Å². The second-order valence-corrected chi connectivity index (χ2v) is 8.31. The summed E-state index contributed by atoms with van der Waals surface area (Å²) in [5, 5.41) is 98.2. The van der Waals surface area contributed by atoms with Gasteiger partial charge in [-0.3, -0.25) is 0 Å². The Morgan fingerprint density at radius 1 is 0.545 bits per heavy atom. The van der Waals surface area contributed by atoms with Crippen LogP contribution < -0.4 is 0 Å². The van der Waals surface area contributed by atoms with Gasteiger partial charge in [0.25, 0.3) is 0 Å². The Morgan fingerprint density at radius 2 is 1.06 bits per heavy atom. The Balaban J connectivity index is 1.56. The predicted octanol–water partition coefficient (Wildman–Crippen LogP) is -6.54. The van der Waals surface area contributed by atoms with Crippen molar-refractivity contribution in [2.45, 2.75) is 92.4 Å². The molecule has 3 aliphatic heterocycles. The minimum Gasteiger partial charge on any atom is -0.394 e. The molecule has 3 fully saturated rings. The van der Waals surface area contributed by atoms with Gasteiger partial charge in [-0.05, 0) is 0 Å². The van der Waals surface area contributed by atoms with Gasteiger partial charge in [0.1, 0.15) is 61.0 Å². The van der Waals surface area contributed by atoms with Crippen LogP contribution in [0.1, 0.15) is 6.42 Å². The molecular formula is C18H32O15. The quantitative estimate of drug-likeness (QED) is 0.160. The molecule has 3 heterocycles. The minimum absolute atomic E-state index is 0.132. The Hall–Kier alpha value is -0.600. The van der Waals surface area contributed by atoms with E-state index in [0.717, 1.165) is 0 Å². The summed E-state index contributed by atoms with van der Waals surface area (Å²) in [5.41, 5.74) is 0. The number of rotatable bonds is 7. The Kier molecular flexibility index (Phi) is 9.35. The Bertz CT molecular complexity index is 611. The van der Waals surface area contributed by atoms with Gasteiger partial charge in [0, 0.05) is 6.42 Å². The SMILES string of the molecule is OC[C@H]1O[C@@H](OC[C@H]2O[C@@H](OC[C@H]3O[C@@H](O)[C@H](O)[C@@H](O)[C@H]3O)[C@H](O)[C@@H](O)[C@H]2O)[C@H](O)C[C@H]1O. The third-order valence-electron chi connectivity index (χ3n) is 5.92. The van der Waals surface area contributed by atoms with E-state index in [2.05, 4.69) is 0 Å². The van der Waals surface area contributed by atoms with Crippen LogP contribution in [0.25, 0.3) is 0 Å². The highest BCUT2D eigenvalue weighted by Crippen LogP contribution is 2.27. The van der Waals surface area contributed by atoms with E-state index in [0.29, 0.717) is 0 Å². The fourth-order valence-corrected chi connectivity index (χ4v) is 3.82. The zero-order valence-corrected chi connectivity index (χ0v) is 17.4.